The second-order valence-corrected chi connectivity index (χ2v) is 14.4. The van der Waals surface area contributed by atoms with E-state index in [1.165, 1.54) is 0 Å². The second-order valence-electron chi connectivity index (χ2n) is 8.96. The van der Waals surface area contributed by atoms with Gasteiger partial charge in [-0.3, -0.25) is 3.97 Å². The lowest BCUT2D eigenvalue weighted by Gasteiger charge is -2.36. The van der Waals surface area contributed by atoms with Crippen LogP contribution in [0.25, 0.3) is 10.9 Å². The van der Waals surface area contributed by atoms with Gasteiger partial charge in [-0.15, -0.1) is 0 Å². The molecule has 0 amide bonds. The number of aromatic nitrogens is 1. The maximum absolute atomic E-state index is 10.7. The predicted octanol–water partition coefficient (Wildman–Crippen LogP) is 5.99. The molecule has 30 heavy (non-hydrogen) atoms. The Morgan fingerprint density at radius 2 is 1.70 bits per heavy atom. The number of aliphatic hydroxyl groups excluding tert-OH is 1. The first-order valence-electron chi connectivity index (χ1n) is 10.2. The maximum atomic E-state index is 10.7. The molecule has 0 saturated heterocycles. The standard InChI is InChI=1S/C23H31NO4SSi/c1-23(2,3)30(4,5)26-17-20(25)16-19-15-18-11-9-10-14-22(18)24(19)29-28-27-21-12-7-6-8-13-21/h6-15,20,25H,16-17H2,1-5H3/t20-/m1/s1. The van der Waals surface area contributed by atoms with E-state index in [9.17, 15) is 5.11 Å². The fourth-order valence-electron chi connectivity index (χ4n) is 2.80. The number of rotatable bonds is 9. The first-order valence-corrected chi connectivity index (χ1v) is 13.8. The van der Waals surface area contributed by atoms with Crippen LogP contribution in [0, 0.1) is 0 Å². The van der Waals surface area contributed by atoms with Crippen LogP contribution in [-0.2, 0) is 15.2 Å². The monoisotopic (exact) mass is 445 g/mol. The minimum Gasteiger partial charge on any atom is -0.414 e. The molecular weight excluding hydrogens is 414 g/mol. The first-order chi connectivity index (χ1) is 14.2. The molecule has 2 aromatic carbocycles. The highest BCUT2D eigenvalue weighted by atomic mass is 32.2. The number of nitrogens with zero attached hydrogens (tertiary/aromatic N) is 1. The van der Waals surface area contributed by atoms with Crippen molar-refractivity contribution in [1.82, 2.24) is 3.97 Å². The van der Waals surface area contributed by atoms with E-state index in [0.717, 1.165) is 28.8 Å². The topological polar surface area (TPSA) is 52.9 Å². The van der Waals surface area contributed by atoms with E-state index in [-0.39, 0.29) is 5.04 Å². The van der Waals surface area contributed by atoms with E-state index in [1.54, 1.807) is 0 Å². The summed E-state index contributed by atoms with van der Waals surface area (Å²) in [6.45, 7) is 11.3. The molecule has 1 atom stereocenters. The van der Waals surface area contributed by atoms with Crippen LogP contribution in [0.15, 0.2) is 60.7 Å². The number of para-hydroxylation sites is 2. The van der Waals surface area contributed by atoms with Crippen molar-refractivity contribution < 1.29 is 18.8 Å². The van der Waals surface area contributed by atoms with E-state index < -0.39 is 14.4 Å². The van der Waals surface area contributed by atoms with Gasteiger partial charge in [0.25, 0.3) is 0 Å². The van der Waals surface area contributed by atoms with Gasteiger partial charge in [0, 0.05) is 17.5 Å². The number of hydrogen-bond donors (Lipinski definition) is 1. The highest BCUT2D eigenvalue weighted by Crippen LogP contribution is 2.36. The zero-order valence-electron chi connectivity index (χ0n) is 18.3. The second kappa shape index (κ2) is 9.57. The van der Waals surface area contributed by atoms with Gasteiger partial charge >= 0.3 is 0 Å². The molecule has 1 N–H and O–H groups in total. The summed E-state index contributed by atoms with van der Waals surface area (Å²) in [7, 11) is -1.91. The van der Waals surface area contributed by atoms with Crippen LogP contribution in [0.1, 0.15) is 26.5 Å². The normalized spacial score (nSPS) is 13.5. The molecule has 0 bridgehead atoms. The van der Waals surface area contributed by atoms with Crippen molar-refractivity contribution in [3.05, 3.63) is 66.4 Å². The Bertz CT molecular complexity index is 953. The van der Waals surface area contributed by atoms with Crippen LogP contribution < -0.4 is 4.89 Å². The van der Waals surface area contributed by atoms with Gasteiger partial charge in [0.2, 0.25) is 0 Å². The van der Waals surface area contributed by atoms with Gasteiger partial charge in [0.1, 0.15) is 0 Å². The largest absolute Gasteiger partial charge is 0.414 e. The number of fused-ring (bicyclic) bond motifs is 1. The zero-order valence-corrected chi connectivity index (χ0v) is 20.1. The highest BCUT2D eigenvalue weighted by Gasteiger charge is 2.37. The van der Waals surface area contributed by atoms with Crippen LogP contribution >= 0.6 is 12.2 Å². The Morgan fingerprint density at radius 3 is 2.40 bits per heavy atom. The summed E-state index contributed by atoms with van der Waals surface area (Å²) < 4.78 is 13.6. The Kier molecular flexibility index (Phi) is 7.31. The van der Waals surface area contributed by atoms with Crippen LogP contribution in [0.4, 0.5) is 0 Å². The summed E-state index contributed by atoms with van der Waals surface area (Å²) in [6, 6.07) is 19.5. The maximum Gasteiger partial charge on any atom is 0.192 e. The van der Waals surface area contributed by atoms with Crippen molar-refractivity contribution in [2.75, 3.05) is 6.61 Å². The Labute approximate surface area is 184 Å². The van der Waals surface area contributed by atoms with Crippen molar-refractivity contribution in [2.24, 2.45) is 0 Å². The SMILES string of the molecule is CC(C)(C)[Si](C)(C)OC[C@H](O)Cc1cc2ccccc2n1SOOc1ccccc1. The van der Waals surface area contributed by atoms with E-state index in [2.05, 4.69) is 39.9 Å². The number of benzene rings is 2. The quantitative estimate of drug-likeness (QED) is 0.190. The third-order valence-electron chi connectivity index (χ3n) is 5.60. The van der Waals surface area contributed by atoms with Gasteiger partial charge in [0.05, 0.1) is 18.2 Å². The van der Waals surface area contributed by atoms with E-state index >= 15 is 0 Å². The predicted molar refractivity (Wildman–Crippen MR) is 126 cm³/mol. The smallest absolute Gasteiger partial charge is 0.192 e. The molecule has 162 valence electrons. The molecule has 0 aliphatic rings. The number of aliphatic hydroxyl groups is 1. The van der Waals surface area contributed by atoms with Gasteiger partial charge in [-0.05, 0) is 42.4 Å². The molecule has 1 aromatic heterocycles. The molecule has 0 aliphatic heterocycles. The molecule has 0 saturated carbocycles. The van der Waals surface area contributed by atoms with Crippen LogP contribution in [0.3, 0.4) is 0 Å². The molecule has 7 heteroatoms. The lowest BCUT2D eigenvalue weighted by Crippen LogP contribution is -2.42. The molecule has 0 spiro atoms. The van der Waals surface area contributed by atoms with E-state index in [4.69, 9.17) is 13.6 Å². The molecule has 0 fully saturated rings. The molecule has 0 unspecified atom stereocenters. The van der Waals surface area contributed by atoms with E-state index in [0.29, 0.717) is 18.8 Å². The summed E-state index contributed by atoms with van der Waals surface area (Å²) in [5.41, 5.74) is 1.95. The van der Waals surface area contributed by atoms with Crippen molar-refractivity contribution >= 4 is 31.4 Å². The lowest BCUT2D eigenvalue weighted by molar-refractivity contribution is -0.0786. The lowest BCUT2D eigenvalue weighted by atomic mass is 10.2. The molecule has 3 aromatic rings. The van der Waals surface area contributed by atoms with Crippen molar-refractivity contribution in [1.29, 1.82) is 0 Å². The zero-order chi connectivity index (χ0) is 21.8. The molecule has 1 heterocycles. The van der Waals surface area contributed by atoms with Crippen LogP contribution in [0.5, 0.6) is 5.75 Å². The Morgan fingerprint density at radius 1 is 1.03 bits per heavy atom. The minimum absolute atomic E-state index is 0.111. The minimum atomic E-state index is -1.91. The van der Waals surface area contributed by atoms with Crippen molar-refractivity contribution in [2.45, 2.75) is 51.4 Å². The van der Waals surface area contributed by atoms with Crippen molar-refractivity contribution in [3.63, 3.8) is 0 Å². The summed E-state index contributed by atoms with van der Waals surface area (Å²) >= 11 is 1.10. The summed E-state index contributed by atoms with van der Waals surface area (Å²) in [5, 5.41) is 11.9. The molecule has 5 nitrogen and oxygen atoms in total. The van der Waals surface area contributed by atoms with Crippen LogP contribution in [0.2, 0.25) is 18.1 Å². The van der Waals surface area contributed by atoms with Gasteiger partial charge in [-0.25, -0.2) is 0 Å². The van der Waals surface area contributed by atoms with Gasteiger partial charge in [-0.2, -0.15) is 0 Å². The highest BCUT2D eigenvalue weighted by molar-refractivity contribution is 7.93. The fourth-order valence-corrected chi connectivity index (χ4v) is 4.48. The van der Waals surface area contributed by atoms with Gasteiger partial charge in [-0.1, -0.05) is 61.5 Å². The Hall–Kier alpha value is -1.77. The van der Waals surface area contributed by atoms with Crippen molar-refractivity contribution in [3.8, 4) is 5.75 Å². The van der Waals surface area contributed by atoms with E-state index in [1.807, 2.05) is 58.6 Å². The third kappa shape index (κ3) is 5.68. The number of hydrogen-bond acceptors (Lipinski definition) is 5. The summed E-state index contributed by atoms with van der Waals surface area (Å²) in [5.74, 6) is 0.630. The van der Waals surface area contributed by atoms with Gasteiger partial charge < -0.3 is 14.4 Å². The van der Waals surface area contributed by atoms with Crippen LogP contribution in [-0.4, -0.2) is 30.1 Å². The molecule has 0 aliphatic carbocycles. The average Bonchev–Trinajstić information content (AvgIpc) is 3.04. The molecule has 0 radical (unpaired) electrons. The Balaban J connectivity index is 1.69. The summed E-state index contributed by atoms with van der Waals surface area (Å²) in [4.78, 5) is 5.38. The third-order valence-corrected chi connectivity index (χ3v) is 10.8. The molecular formula is C23H31NO4SSi. The summed E-state index contributed by atoms with van der Waals surface area (Å²) in [6.07, 6.45) is -0.136. The first kappa shape index (κ1) is 22.9. The molecule has 3 rings (SSSR count). The fraction of sp³-hybridized carbons (Fsp3) is 0.391. The average molecular weight is 446 g/mol. The van der Waals surface area contributed by atoms with Gasteiger partial charge in [0.15, 0.2) is 26.3 Å².